The summed E-state index contributed by atoms with van der Waals surface area (Å²) in [6.45, 7) is 1.74. The molecule has 7 nitrogen and oxygen atoms in total. The monoisotopic (exact) mass is 406 g/mol. The van der Waals surface area contributed by atoms with Crippen LogP contribution in [0.3, 0.4) is 0 Å². The van der Waals surface area contributed by atoms with Gasteiger partial charge in [0.1, 0.15) is 12.6 Å². The Morgan fingerprint density at radius 2 is 1.67 bits per heavy atom. The predicted octanol–water partition coefficient (Wildman–Crippen LogP) is 2.51. The number of alkyl carbamates (subject to hydrolysis) is 1. The molecule has 2 amide bonds. The lowest BCUT2D eigenvalue weighted by Crippen LogP contribution is -2.39. The fraction of sp³-hybridized carbons (Fsp3) is 0.261. The third-order valence-corrected chi connectivity index (χ3v) is 4.88. The Morgan fingerprint density at radius 1 is 1.07 bits per heavy atom. The van der Waals surface area contributed by atoms with Gasteiger partial charge in [0.2, 0.25) is 0 Å². The van der Waals surface area contributed by atoms with Crippen LogP contribution in [-0.4, -0.2) is 42.3 Å². The lowest BCUT2D eigenvalue weighted by Gasteiger charge is -2.14. The Balaban J connectivity index is 1.50. The minimum Gasteiger partial charge on any atom is -0.480 e. The molecule has 1 aliphatic rings. The van der Waals surface area contributed by atoms with Crippen molar-refractivity contribution < 1.29 is 24.2 Å². The van der Waals surface area contributed by atoms with Crippen LogP contribution in [0.5, 0.6) is 0 Å². The second kappa shape index (κ2) is 9.61. The van der Waals surface area contributed by atoms with Crippen LogP contribution in [0.2, 0.25) is 0 Å². The first-order valence-electron chi connectivity index (χ1n) is 9.62. The highest BCUT2D eigenvalue weighted by Gasteiger charge is 2.28. The van der Waals surface area contributed by atoms with Gasteiger partial charge in [0, 0.05) is 5.92 Å². The first-order chi connectivity index (χ1) is 14.5. The van der Waals surface area contributed by atoms with E-state index in [0.717, 1.165) is 22.3 Å². The van der Waals surface area contributed by atoms with Gasteiger partial charge in [-0.05, 0) is 34.6 Å². The first kappa shape index (κ1) is 20.9. The third kappa shape index (κ3) is 4.78. The van der Waals surface area contributed by atoms with Crippen molar-refractivity contribution in [1.29, 1.82) is 0 Å². The van der Waals surface area contributed by atoms with Gasteiger partial charge in [0.25, 0.3) is 5.91 Å². The summed E-state index contributed by atoms with van der Waals surface area (Å²) in [6, 6.07) is 15.1. The van der Waals surface area contributed by atoms with Crippen LogP contribution in [0.1, 0.15) is 30.4 Å². The Labute approximate surface area is 174 Å². The fourth-order valence-electron chi connectivity index (χ4n) is 3.42. The maximum absolute atomic E-state index is 12.0. The Bertz CT molecular complexity index is 976. The van der Waals surface area contributed by atoms with Crippen LogP contribution < -0.4 is 10.6 Å². The number of nitrogens with one attached hydrogen (secondary N) is 2. The minimum absolute atomic E-state index is 0.0398. The lowest BCUT2D eigenvalue weighted by molar-refractivity contribution is -0.141. The molecule has 0 saturated heterocycles. The molecule has 0 aliphatic heterocycles. The molecule has 0 heterocycles. The van der Waals surface area contributed by atoms with Crippen LogP contribution in [0, 0.1) is 11.8 Å². The fourth-order valence-corrected chi connectivity index (χ4v) is 3.42. The molecule has 0 spiro atoms. The molecule has 3 rings (SSSR count). The van der Waals surface area contributed by atoms with Crippen molar-refractivity contribution in [3.8, 4) is 23.0 Å². The van der Waals surface area contributed by atoms with E-state index >= 15 is 0 Å². The molecular formula is C23H22N2O5. The van der Waals surface area contributed by atoms with Crippen LogP contribution >= 0.6 is 0 Å². The highest BCUT2D eigenvalue weighted by Crippen LogP contribution is 2.44. The number of carbonyl (C=O) groups excluding carboxylic acids is 2. The minimum atomic E-state index is -1.12. The summed E-state index contributed by atoms with van der Waals surface area (Å²) in [7, 11) is 0. The van der Waals surface area contributed by atoms with E-state index in [1.54, 1.807) is 6.92 Å². The number of hydrogen-bond acceptors (Lipinski definition) is 4. The average molecular weight is 406 g/mol. The highest BCUT2D eigenvalue weighted by molar-refractivity contribution is 5.96. The van der Waals surface area contributed by atoms with Crippen molar-refractivity contribution in [1.82, 2.24) is 10.6 Å². The molecule has 3 N–H and O–H groups in total. The number of carboxylic acid groups (broad SMARTS) is 1. The summed E-state index contributed by atoms with van der Waals surface area (Å²) in [5.74, 6) is 2.85. The summed E-state index contributed by atoms with van der Waals surface area (Å²) >= 11 is 0. The molecule has 0 unspecified atom stereocenters. The SMILES string of the molecule is CC[C@H](NC(=O)C#CCNC(=O)OCC1c2ccccc2-c2ccccc21)C(=O)O. The van der Waals surface area contributed by atoms with Crippen molar-refractivity contribution in [2.75, 3.05) is 13.2 Å². The van der Waals surface area contributed by atoms with Gasteiger partial charge in [-0.25, -0.2) is 9.59 Å². The number of fused-ring (bicyclic) bond motifs is 3. The van der Waals surface area contributed by atoms with Gasteiger partial charge in [-0.15, -0.1) is 0 Å². The van der Waals surface area contributed by atoms with Crippen LogP contribution in [0.15, 0.2) is 48.5 Å². The van der Waals surface area contributed by atoms with Crippen molar-refractivity contribution in [2.45, 2.75) is 25.3 Å². The maximum atomic E-state index is 12.0. The summed E-state index contributed by atoms with van der Waals surface area (Å²) in [6.07, 6.45) is -0.385. The van der Waals surface area contributed by atoms with Gasteiger partial charge in [-0.2, -0.15) is 0 Å². The van der Waals surface area contributed by atoms with E-state index in [-0.39, 0.29) is 25.5 Å². The largest absolute Gasteiger partial charge is 0.480 e. The number of carboxylic acids is 1. The van der Waals surface area contributed by atoms with Gasteiger partial charge in [0.05, 0.1) is 6.54 Å². The van der Waals surface area contributed by atoms with Crippen LogP contribution in [0.4, 0.5) is 4.79 Å². The van der Waals surface area contributed by atoms with Crippen LogP contribution in [-0.2, 0) is 14.3 Å². The van der Waals surface area contributed by atoms with Crippen molar-refractivity contribution in [3.05, 3.63) is 59.7 Å². The van der Waals surface area contributed by atoms with E-state index < -0.39 is 24.0 Å². The maximum Gasteiger partial charge on any atom is 0.407 e. The normalized spacial score (nSPS) is 12.6. The van der Waals surface area contributed by atoms with Crippen molar-refractivity contribution >= 4 is 18.0 Å². The topological polar surface area (TPSA) is 105 Å². The van der Waals surface area contributed by atoms with E-state index in [0.29, 0.717) is 0 Å². The Morgan fingerprint density at radius 3 is 2.23 bits per heavy atom. The molecule has 0 fully saturated rings. The molecule has 1 aliphatic carbocycles. The third-order valence-electron chi connectivity index (χ3n) is 4.88. The standard InChI is InChI=1S/C23H22N2O5/c1-2-20(22(27)28)25-21(26)12-7-13-24-23(29)30-14-19-17-10-5-3-8-15(17)16-9-4-6-11-18(16)19/h3-6,8-11,19-20H,2,13-14H2,1H3,(H,24,29)(H,25,26)(H,27,28)/t20-/m0/s1. The summed E-state index contributed by atoms with van der Waals surface area (Å²) in [4.78, 5) is 34.5. The van der Waals surface area contributed by atoms with Crippen molar-refractivity contribution in [2.24, 2.45) is 0 Å². The molecule has 0 aromatic heterocycles. The van der Waals surface area contributed by atoms with Crippen LogP contribution in [0.25, 0.3) is 11.1 Å². The van der Waals surface area contributed by atoms with Gasteiger partial charge >= 0.3 is 12.1 Å². The van der Waals surface area contributed by atoms with E-state index in [1.807, 2.05) is 36.4 Å². The zero-order valence-corrected chi connectivity index (χ0v) is 16.5. The molecular weight excluding hydrogens is 384 g/mol. The van der Waals surface area contributed by atoms with Gasteiger partial charge in [-0.3, -0.25) is 4.79 Å². The Kier molecular flexibility index (Phi) is 6.71. The zero-order valence-electron chi connectivity index (χ0n) is 16.5. The summed E-state index contributed by atoms with van der Waals surface area (Å²) in [5.41, 5.74) is 4.52. The summed E-state index contributed by atoms with van der Waals surface area (Å²) < 4.78 is 5.36. The van der Waals surface area contributed by atoms with E-state index in [9.17, 15) is 14.4 Å². The summed E-state index contributed by atoms with van der Waals surface area (Å²) in [5, 5.41) is 13.6. The second-order valence-electron chi connectivity index (χ2n) is 6.75. The van der Waals surface area contributed by atoms with Gasteiger partial charge < -0.3 is 20.5 Å². The second-order valence-corrected chi connectivity index (χ2v) is 6.75. The molecule has 7 heteroatoms. The number of amides is 2. The highest BCUT2D eigenvalue weighted by atomic mass is 16.5. The van der Waals surface area contributed by atoms with E-state index in [1.165, 1.54) is 0 Å². The molecule has 2 aromatic carbocycles. The molecule has 0 radical (unpaired) electrons. The lowest BCUT2D eigenvalue weighted by atomic mass is 9.98. The first-order valence-corrected chi connectivity index (χ1v) is 9.62. The van der Waals surface area contributed by atoms with E-state index in [4.69, 9.17) is 9.84 Å². The molecule has 30 heavy (non-hydrogen) atoms. The average Bonchev–Trinajstić information content (AvgIpc) is 3.07. The number of ether oxygens (including phenoxy) is 1. The van der Waals surface area contributed by atoms with E-state index in [2.05, 4.69) is 34.6 Å². The van der Waals surface area contributed by atoms with Crippen molar-refractivity contribution in [3.63, 3.8) is 0 Å². The molecule has 2 aromatic rings. The predicted molar refractivity (Wildman–Crippen MR) is 111 cm³/mol. The number of benzene rings is 2. The quantitative estimate of drug-likeness (QED) is 0.640. The molecule has 1 atom stereocenters. The number of carbonyl (C=O) groups is 3. The van der Waals surface area contributed by atoms with Gasteiger partial charge in [-0.1, -0.05) is 61.4 Å². The van der Waals surface area contributed by atoms with Gasteiger partial charge in [0.15, 0.2) is 0 Å². The smallest absolute Gasteiger partial charge is 0.407 e. The Hall–Kier alpha value is -3.79. The number of aliphatic carboxylic acids is 1. The number of rotatable bonds is 6. The number of hydrogen-bond donors (Lipinski definition) is 3. The zero-order chi connectivity index (χ0) is 21.5. The molecule has 154 valence electrons. The molecule has 0 bridgehead atoms. The molecule has 0 saturated carbocycles.